The molecule has 0 aromatic carbocycles. The van der Waals surface area contributed by atoms with E-state index in [0.717, 1.165) is 25.0 Å². The normalized spacial score (nSPS) is 14.2. The number of amides is 1. The molecule has 0 spiro atoms. The van der Waals surface area contributed by atoms with Crippen LogP contribution in [0.25, 0.3) is 0 Å². The number of carbonyl (C=O) groups excluding carboxylic acids is 1. The molecule has 17 heavy (non-hydrogen) atoms. The number of rotatable bonds is 4. The van der Waals surface area contributed by atoms with Crippen molar-refractivity contribution in [3.05, 3.63) is 15.3 Å². The molecule has 1 amide bonds. The van der Waals surface area contributed by atoms with Crippen LogP contribution in [-0.2, 0) is 12.8 Å². The fourth-order valence-corrected chi connectivity index (χ4v) is 3.43. The molecule has 5 heteroatoms. The van der Waals surface area contributed by atoms with Crippen LogP contribution in [0.3, 0.4) is 0 Å². The summed E-state index contributed by atoms with van der Waals surface area (Å²) in [5.41, 5.74) is 1.21. The van der Waals surface area contributed by atoms with Crippen LogP contribution in [0.15, 0.2) is 0 Å². The van der Waals surface area contributed by atoms with Crippen molar-refractivity contribution in [2.45, 2.75) is 25.7 Å². The number of aliphatic hydroxyl groups excluding tert-OH is 1. The van der Waals surface area contributed by atoms with Crippen LogP contribution in [0.5, 0.6) is 5.75 Å². The van der Waals surface area contributed by atoms with Gasteiger partial charge in [-0.25, -0.2) is 0 Å². The van der Waals surface area contributed by atoms with E-state index in [2.05, 4.69) is 5.32 Å². The van der Waals surface area contributed by atoms with Gasteiger partial charge < -0.3 is 15.2 Å². The maximum absolute atomic E-state index is 11.9. The van der Waals surface area contributed by atoms with Crippen LogP contribution in [-0.4, -0.2) is 31.3 Å². The highest BCUT2D eigenvalue weighted by molar-refractivity contribution is 7.14. The van der Waals surface area contributed by atoms with Gasteiger partial charge in [0.25, 0.3) is 5.91 Å². The summed E-state index contributed by atoms with van der Waals surface area (Å²) in [4.78, 5) is 13.8. The van der Waals surface area contributed by atoms with Gasteiger partial charge in [-0.3, -0.25) is 4.79 Å². The monoisotopic (exact) mass is 255 g/mol. The summed E-state index contributed by atoms with van der Waals surface area (Å²) in [6, 6.07) is 0. The highest BCUT2D eigenvalue weighted by atomic mass is 32.1. The van der Waals surface area contributed by atoms with Crippen LogP contribution in [0.4, 0.5) is 0 Å². The maximum atomic E-state index is 11.9. The van der Waals surface area contributed by atoms with E-state index in [1.165, 1.54) is 28.2 Å². The van der Waals surface area contributed by atoms with Gasteiger partial charge in [-0.15, -0.1) is 11.3 Å². The lowest BCUT2D eigenvalue weighted by molar-refractivity contribution is 0.0946. The van der Waals surface area contributed by atoms with Gasteiger partial charge in [-0.2, -0.15) is 0 Å². The van der Waals surface area contributed by atoms with Gasteiger partial charge in [0.2, 0.25) is 0 Å². The Labute approximate surface area is 105 Å². The molecule has 4 nitrogen and oxygen atoms in total. The SMILES string of the molecule is COc1c(C(=O)NCCO)sc2c1CCCC2. The average Bonchev–Trinajstić information content (AvgIpc) is 2.74. The Morgan fingerprint density at radius 1 is 1.47 bits per heavy atom. The molecule has 1 aromatic heterocycles. The van der Waals surface area contributed by atoms with Crippen LogP contribution in [0, 0.1) is 0 Å². The first-order chi connectivity index (χ1) is 8.27. The third-order valence-corrected chi connectivity index (χ3v) is 4.20. The van der Waals surface area contributed by atoms with Crippen LogP contribution in [0.2, 0.25) is 0 Å². The zero-order chi connectivity index (χ0) is 12.3. The average molecular weight is 255 g/mol. The summed E-state index contributed by atoms with van der Waals surface area (Å²) in [5, 5.41) is 11.4. The summed E-state index contributed by atoms with van der Waals surface area (Å²) in [6.45, 7) is 0.240. The summed E-state index contributed by atoms with van der Waals surface area (Å²) < 4.78 is 5.37. The molecule has 0 atom stereocenters. The predicted octanol–water partition coefficient (Wildman–Crippen LogP) is 1.36. The molecular formula is C12H17NO3S. The van der Waals surface area contributed by atoms with Gasteiger partial charge in [0.05, 0.1) is 13.7 Å². The van der Waals surface area contributed by atoms with E-state index in [-0.39, 0.29) is 19.1 Å². The van der Waals surface area contributed by atoms with Gasteiger partial charge in [0.1, 0.15) is 10.6 Å². The Balaban J connectivity index is 2.27. The van der Waals surface area contributed by atoms with Crippen LogP contribution >= 0.6 is 11.3 Å². The lowest BCUT2D eigenvalue weighted by Gasteiger charge is -2.11. The highest BCUT2D eigenvalue weighted by Crippen LogP contribution is 2.39. The number of hydrogen-bond donors (Lipinski definition) is 2. The van der Waals surface area contributed by atoms with Crippen LogP contribution in [0.1, 0.15) is 33.0 Å². The molecule has 1 aliphatic rings. The summed E-state index contributed by atoms with van der Waals surface area (Å²) >= 11 is 1.53. The van der Waals surface area contributed by atoms with Crippen molar-refractivity contribution in [1.82, 2.24) is 5.32 Å². The number of methoxy groups -OCH3 is 1. The maximum Gasteiger partial charge on any atom is 0.265 e. The molecule has 2 N–H and O–H groups in total. The third kappa shape index (κ3) is 2.45. The zero-order valence-corrected chi connectivity index (χ0v) is 10.7. The number of aryl methyl sites for hydroxylation is 1. The van der Waals surface area contributed by atoms with Crippen molar-refractivity contribution in [3.8, 4) is 5.75 Å². The first-order valence-corrected chi connectivity index (χ1v) is 6.67. The third-order valence-electron chi connectivity index (χ3n) is 2.93. The minimum Gasteiger partial charge on any atom is -0.495 e. The second-order valence-electron chi connectivity index (χ2n) is 4.05. The van der Waals surface area contributed by atoms with E-state index in [9.17, 15) is 4.79 Å². The smallest absolute Gasteiger partial charge is 0.265 e. The number of thiophene rings is 1. The number of fused-ring (bicyclic) bond motifs is 1. The molecule has 0 saturated heterocycles. The van der Waals surface area contributed by atoms with Crippen molar-refractivity contribution in [1.29, 1.82) is 0 Å². The Morgan fingerprint density at radius 3 is 2.94 bits per heavy atom. The van der Waals surface area contributed by atoms with Gasteiger partial charge in [0.15, 0.2) is 0 Å². The standard InChI is InChI=1S/C12H17NO3S/c1-16-10-8-4-2-3-5-9(8)17-11(10)12(15)13-6-7-14/h14H,2-7H2,1H3,(H,13,15). The number of hydrogen-bond acceptors (Lipinski definition) is 4. The molecule has 2 rings (SSSR count). The quantitative estimate of drug-likeness (QED) is 0.854. The molecule has 0 aliphatic heterocycles. The molecule has 94 valence electrons. The predicted molar refractivity (Wildman–Crippen MR) is 66.9 cm³/mol. The number of carbonyl (C=O) groups is 1. The lowest BCUT2D eigenvalue weighted by Crippen LogP contribution is -2.25. The Morgan fingerprint density at radius 2 is 2.24 bits per heavy atom. The molecule has 0 bridgehead atoms. The topological polar surface area (TPSA) is 58.6 Å². The number of ether oxygens (including phenoxy) is 1. The molecule has 1 aliphatic carbocycles. The van der Waals surface area contributed by atoms with E-state index in [4.69, 9.17) is 9.84 Å². The summed E-state index contributed by atoms with van der Waals surface area (Å²) in [7, 11) is 1.61. The van der Waals surface area contributed by atoms with E-state index in [0.29, 0.717) is 4.88 Å². The van der Waals surface area contributed by atoms with E-state index in [1.807, 2.05) is 0 Å². The minimum atomic E-state index is -0.143. The van der Waals surface area contributed by atoms with E-state index >= 15 is 0 Å². The summed E-state index contributed by atoms with van der Waals surface area (Å²) in [6.07, 6.45) is 4.40. The van der Waals surface area contributed by atoms with Gasteiger partial charge >= 0.3 is 0 Å². The molecule has 0 radical (unpaired) electrons. The Kier molecular flexibility index (Phi) is 4.02. The van der Waals surface area contributed by atoms with Crippen molar-refractivity contribution >= 4 is 17.2 Å². The van der Waals surface area contributed by atoms with Crippen molar-refractivity contribution in [2.24, 2.45) is 0 Å². The molecule has 1 aromatic rings. The lowest BCUT2D eigenvalue weighted by atomic mass is 9.98. The zero-order valence-electron chi connectivity index (χ0n) is 9.91. The second-order valence-corrected chi connectivity index (χ2v) is 5.16. The molecule has 0 unspecified atom stereocenters. The fourth-order valence-electron chi connectivity index (χ4n) is 2.15. The molecule has 1 heterocycles. The minimum absolute atomic E-state index is 0.0425. The molecule has 0 saturated carbocycles. The van der Waals surface area contributed by atoms with Gasteiger partial charge in [0, 0.05) is 17.0 Å². The van der Waals surface area contributed by atoms with Crippen molar-refractivity contribution in [3.63, 3.8) is 0 Å². The first kappa shape index (κ1) is 12.4. The summed E-state index contributed by atoms with van der Waals surface area (Å²) in [5.74, 6) is 0.593. The number of aliphatic hydroxyl groups is 1. The van der Waals surface area contributed by atoms with E-state index in [1.54, 1.807) is 7.11 Å². The molecule has 0 fully saturated rings. The first-order valence-electron chi connectivity index (χ1n) is 5.85. The van der Waals surface area contributed by atoms with Gasteiger partial charge in [-0.1, -0.05) is 0 Å². The van der Waals surface area contributed by atoms with Gasteiger partial charge in [-0.05, 0) is 25.7 Å². The second kappa shape index (κ2) is 5.51. The fraction of sp³-hybridized carbons (Fsp3) is 0.583. The Bertz CT molecular complexity index is 414. The van der Waals surface area contributed by atoms with Crippen LogP contribution < -0.4 is 10.1 Å². The molecular weight excluding hydrogens is 238 g/mol. The largest absolute Gasteiger partial charge is 0.495 e. The highest BCUT2D eigenvalue weighted by Gasteiger charge is 2.24. The van der Waals surface area contributed by atoms with Crippen molar-refractivity contribution in [2.75, 3.05) is 20.3 Å². The van der Waals surface area contributed by atoms with Crippen molar-refractivity contribution < 1.29 is 14.6 Å². The number of nitrogens with one attached hydrogen (secondary N) is 1. The Hall–Kier alpha value is -1.07. The van der Waals surface area contributed by atoms with E-state index < -0.39 is 0 Å².